The zero-order chi connectivity index (χ0) is 8.81. The van der Waals surface area contributed by atoms with Crippen LogP contribution in [0.5, 0.6) is 0 Å². The topological polar surface area (TPSA) is 45.0 Å². The second kappa shape index (κ2) is 4.37. The highest BCUT2D eigenvalue weighted by atomic mass is 16.5. The molecule has 3 heteroatoms. The van der Waals surface area contributed by atoms with Crippen molar-refractivity contribution in [2.24, 2.45) is 0 Å². The molecule has 62 valence electrons. The number of anilines is 1. The van der Waals surface area contributed by atoms with Gasteiger partial charge in [-0.3, -0.25) is 0 Å². The highest BCUT2D eigenvalue weighted by Gasteiger charge is 1.92. The van der Waals surface area contributed by atoms with Gasteiger partial charge in [-0.2, -0.15) is 5.26 Å². The fourth-order valence-electron chi connectivity index (χ4n) is 0.854. The molecule has 3 nitrogen and oxygen atoms in total. The van der Waals surface area contributed by atoms with Crippen LogP contribution < -0.4 is 5.32 Å². The molecule has 0 amide bonds. The fraction of sp³-hybridized carbons (Fsp3) is 0.222. The second-order valence-corrected chi connectivity index (χ2v) is 2.30. The molecule has 0 radical (unpaired) electrons. The second-order valence-electron chi connectivity index (χ2n) is 2.30. The van der Waals surface area contributed by atoms with Crippen molar-refractivity contribution in [2.75, 3.05) is 19.2 Å². The summed E-state index contributed by atoms with van der Waals surface area (Å²) in [6.07, 6.45) is 0. The van der Waals surface area contributed by atoms with Crippen LogP contribution in [-0.2, 0) is 4.74 Å². The molecule has 12 heavy (non-hydrogen) atoms. The normalized spacial score (nSPS) is 9.00. The number of hydrogen-bond donors (Lipinski definition) is 1. The van der Waals surface area contributed by atoms with Crippen molar-refractivity contribution in [1.82, 2.24) is 0 Å². The van der Waals surface area contributed by atoms with Crippen LogP contribution in [0.3, 0.4) is 0 Å². The molecular weight excluding hydrogens is 152 g/mol. The van der Waals surface area contributed by atoms with Gasteiger partial charge in [0, 0.05) is 12.8 Å². The van der Waals surface area contributed by atoms with Gasteiger partial charge in [0.15, 0.2) is 0 Å². The lowest BCUT2D eigenvalue weighted by Gasteiger charge is -2.03. The van der Waals surface area contributed by atoms with Crippen LogP contribution in [0.2, 0.25) is 0 Å². The van der Waals surface area contributed by atoms with Gasteiger partial charge in [-0.1, -0.05) is 6.07 Å². The summed E-state index contributed by atoms with van der Waals surface area (Å²) < 4.78 is 4.83. The van der Waals surface area contributed by atoms with Crippen molar-refractivity contribution >= 4 is 5.69 Å². The Labute approximate surface area is 71.6 Å². The van der Waals surface area contributed by atoms with E-state index in [0.717, 1.165) is 5.69 Å². The van der Waals surface area contributed by atoms with E-state index in [9.17, 15) is 0 Å². The summed E-state index contributed by atoms with van der Waals surface area (Å²) in [5, 5.41) is 11.6. The average Bonchev–Trinajstić information content (AvgIpc) is 2.15. The Kier molecular flexibility index (Phi) is 3.12. The number of benzene rings is 1. The molecule has 0 aliphatic heterocycles. The highest BCUT2D eigenvalue weighted by molar-refractivity contribution is 5.48. The first-order chi connectivity index (χ1) is 5.86. The van der Waals surface area contributed by atoms with Crippen LogP contribution in [0, 0.1) is 11.3 Å². The first-order valence-electron chi connectivity index (χ1n) is 3.60. The maximum absolute atomic E-state index is 8.58. The Morgan fingerprint density at radius 3 is 3.08 bits per heavy atom. The SMILES string of the molecule is COCNc1cccc(C#N)c1. The van der Waals surface area contributed by atoms with E-state index in [4.69, 9.17) is 10.00 Å². The number of nitrogens with zero attached hydrogens (tertiary/aromatic N) is 1. The summed E-state index contributed by atoms with van der Waals surface area (Å²) >= 11 is 0. The van der Waals surface area contributed by atoms with Crippen molar-refractivity contribution in [3.8, 4) is 6.07 Å². The monoisotopic (exact) mass is 162 g/mol. The fourth-order valence-corrected chi connectivity index (χ4v) is 0.854. The molecule has 0 saturated heterocycles. The maximum Gasteiger partial charge on any atom is 0.116 e. The minimum atomic E-state index is 0.453. The quantitative estimate of drug-likeness (QED) is 0.686. The number of rotatable bonds is 3. The zero-order valence-corrected chi connectivity index (χ0v) is 6.87. The van der Waals surface area contributed by atoms with Crippen LogP contribution in [-0.4, -0.2) is 13.8 Å². The first-order valence-corrected chi connectivity index (χ1v) is 3.60. The lowest BCUT2D eigenvalue weighted by atomic mass is 10.2. The van der Waals surface area contributed by atoms with Gasteiger partial charge in [0.25, 0.3) is 0 Å². The lowest BCUT2D eigenvalue weighted by Crippen LogP contribution is -2.02. The summed E-state index contributed by atoms with van der Waals surface area (Å²) in [4.78, 5) is 0. The summed E-state index contributed by atoms with van der Waals surface area (Å²) in [6.45, 7) is 0.453. The summed E-state index contributed by atoms with van der Waals surface area (Å²) in [6, 6.07) is 9.32. The third kappa shape index (κ3) is 2.26. The summed E-state index contributed by atoms with van der Waals surface area (Å²) in [5.74, 6) is 0. The van der Waals surface area contributed by atoms with E-state index < -0.39 is 0 Å². The van der Waals surface area contributed by atoms with Crippen LogP contribution >= 0.6 is 0 Å². The molecule has 1 aromatic rings. The number of hydrogen-bond acceptors (Lipinski definition) is 3. The molecule has 0 aliphatic carbocycles. The van der Waals surface area contributed by atoms with Gasteiger partial charge in [0.2, 0.25) is 0 Å². The standard InChI is InChI=1S/C9H10N2O/c1-12-7-11-9-4-2-3-8(5-9)6-10/h2-5,11H,7H2,1H3. The molecule has 0 saturated carbocycles. The minimum Gasteiger partial charge on any atom is -0.365 e. The third-order valence-corrected chi connectivity index (χ3v) is 1.41. The molecule has 0 aromatic heterocycles. The van der Waals surface area contributed by atoms with Crippen LogP contribution in [0.25, 0.3) is 0 Å². The van der Waals surface area contributed by atoms with E-state index in [0.29, 0.717) is 12.3 Å². The molecular formula is C9H10N2O. The van der Waals surface area contributed by atoms with Crippen LogP contribution in [0.4, 0.5) is 5.69 Å². The van der Waals surface area contributed by atoms with Crippen molar-refractivity contribution < 1.29 is 4.74 Å². The predicted molar refractivity (Wildman–Crippen MR) is 46.7 cm³/mol. The first kappa shape index (κ1) is 8.57. The van der Waals surface area contributed by atoms with Crippen LogP contribution in [0.1, 0.15) is 5.56 Å². The molecule has 0 unspecified atom stereocenters. The van der Waals surface area contributed by atoms with E-state index in [1.807, 2.05) is 12.1 Å². The Bertz CT molecular complexity index is 291. The van der Waals surface area contributed by atoms with Gasteiger partial charge in [0.05, 0.1) is 11.6 Å². The van der Waals surface area contributed by atoms with Crippen LogP contribution in [0.15, 0.2) is 24.3 Å². The number of nitriles is 1. The Morgan fingerprint density at radius 2 is 2.42 bits per heavy atom. The minimum absolute atomic E-state index is 0.453. The molecule has 1 aromatic carbocycles. The van der Waals surface area contributed by atoms with E-state index in [-0.39, 0.29) is 0 Å². The average molecular weight is 162 g/mol. The number of methoxy groups -OCH3 is 1. The molecule has 0 atom stereocenters. The number of nitrogens with one attached hydrogen (secondary N) is 1. The van der Waals surface area contributed by atoms with Gasteiger partial charge in [0.1, 0.15) is 6.73 Å². The molecule has 1 rings (SSSR count). The molecule has 1 N–H and O–H groups in total. The zero-order valence-electron chi connectivity index (χ0n) is 6.87. The van der Waals surface area contributed by atoms with E-state index >= 15 is 0 Å². The van der Waals surface area contributed by atoms with Crippen molar-refractivity contribution in [1.29, 1.82) is 5.26 Å². The maximum atomic E-state index is 8.58. The molecule has 0 fully saturated rings. The van der Waals surface area contributed by atoms with Gasteiger partial charge < -0.3 is 10.1 Å². The number of ether oxygens (including phenoxy) is 1. The van der Waals surface area contributed by atoms with Gasteiger partial charge >= 0.3 is 0 Å². The molecule has 0 spiro atoms. The Hall–Kier alpha value is -1.53. The van der Waals surface area contributed by atoms with E-state index in [1.54, 1.807) is 19.2 Å². The smallest absolute Gasteiger partial charge is 0.116 e. The van der Waals surface area contributed by atoms with Crippen molar-refractivity contribution in [3.63, 3.8) is 0 Å². The lowest BCUT2D eigenvalue weighted by molar-refractivity contribution is 0.221. The summed E-state index contributed by atoms with van der Waals surface area (Å²) in [7, 11) is 1.61. The van der Waals surface area contributed by atoms with Gasteiger partial charge in [-0.15, -0.1) is 0 Å². The Balaban J connectivity index is 2.68. The van der Waals surface area contributed by atoms with Gasteiger partial charge in [-0.25, -0.2) is 0 Å². The largest absolute Gasteiger partial charge is 0.365 e. The molecule has 0 heterocycles. The third-order valence-electron chi connectivity index (χ3n) is 1.41. The van der Waals surface area contributed by atoms with Gasteiger partial charge in [-0.05, 0) is 18.2 Å². The predicted octanol–water partition coefficient (Wildman–Crippen LogP) is 1.57. The van der Waals surface area contributed by atoms with Crippen molar-refractivity contribution in [3.05, 3.63) is 29.8 Å². The van der Waals surface area contributed by atoms with Crippen molar-refractivity contribution in [2.45, 2.75) is 0 Å². The highest BCUT2D eigenvalue weighted by Crippen LogP contribution is 2.08. The molecule has 0 bridgehead atoms. The van der Waals surface area contributed by atoms with E-state index in [1.165, 1.54) is 0 Å². The molecule has 0 aliphatic rings. The Morgan fingerprint density at radius 1 is 1.58 bits per heavy atom. The van der Waals surface area contributed by atoms with E-state index in [2.05, 4.69) is 11.4 Å². The summed E-state index contributed by atoms with van der Waals surface area (Å²) in [5.41, 5.74) is 1.55.